The van der Waals surface area contributed by atoms with E-state index in [4.69, 9.17) is 16.3 Å². The van der Waals surface area contributed by atoms with Crippen molar-refractivity contribution in [1.29, 1.82) is 0 Å². The number of halogens is 1. The molecule has 0 atom stereocenters. The second-order valence-electron chi connectivity index (χ2n) is 5.80. The molecule has 25 heavy (non-hydrogen) atoms. The molecule has 126 valence electrons. The summed E-state index contributed by atoms with van der Waals surface area (Å²) in [6.07, 6.45) is 0. The van der Waals surface area contributed by atoms with E-state index in [1.807, 2.05) is 0 Å². The summed E-state index contributed by atoms with van der Waals surface area (Å²) in [6.45, 7) is 0.00803. The number of rotatable bonds is 1. The van der Waals surface area contributed by atoms with Crippen LogP contribution < -0.4 is 11.2 Å². The molecular weight excluding hydrogens is 346 g/mol. The second kappa shape index (κ2) is 5.29. The van der Waals surface area contributed by atoms with Crippen molar-refractivity contribution in [2.24, 2.45) is 14.1 Å². The molecule has 0 amide bonds. The van der Waals surface area contributed by atoms with E-state index in [0.29, 0.717) is 21.8 Å². The monoisotopic (exact) mass is 357 g/mol. The van der Waals surface area contributed by atoms with Gasteiger partial charge in [-0.3, -0.25) is 13.9 Å². The van der Waals surface area contributed by atoms with Crippen molar-refractivity contribution in [1.82, 2.24) is 14.1 Å². The average molecular weight is 358 g/mol. The Hall–Kier alpha value is -2.93. The summed E-state index contributed by atoms with van der Waals surface area (Å²) in [7, 11) is 2.92. The zero-order chi connectivity index (χ0) is 17.9. The average Bonchev–Trinajstić information content (AvgIpc) is 2.98. The highest BCUT2D eigenvalue weighted by molar-refractivity contribution is 6.30. The Morgan fingerprint density at radius 2 is 1.72 bits per heavy atom. The van der Waals surface area contributed by atoms with E-state index >= 15 is 0 Å². The Morgan fingerprint density at radius 1 is 1.04 bits per heavy atom. The molecule has 4 rings (SSSR count). The lowest BCUT2D eigenvalue weighted by molar-refractivity contribution is 0.0534. The molecule has 0 unspecified atom stereocenters. The summed E-state index contributed by atoms with van der Waals surface area (Å²) >= 11 is 5.95. The van der Waals surface area contributed by atoms with Crippen LogP contribution in [-0.2, 0) is 25.4 Å². The van der Waals surface area contributed by atoms with Gasteiger partial charge in [0.15, 0.2) is 0 Å². The Kier molecular flexibility index (Phi) is 3.30. The van der Waals surface area contributed by atoms with Gasteiger partial charge in [-0.2, -0.15) is 0 Å². The first-order chi connectivity index (χ1) is 11.9. The van der Waals surface area contributed by atoms with Crippen LogP contribution >= 0.6 is 11.6 Å². The summed E-state index contributed by atoms with van der Waals surface area (Å²) < 4.78 is 7.38. The number of carbonyl (C=O) groups is 1. The Bertz CT molecular complexity index is 1180. The maximum Gasteiger partial charge on any atom is 0.341 e. The molecule has 0 fully saturated rings. The van der Waals surface area contributed by atoms with Crippen molar-refractivity contribution < 1.29 is 9.53 Å². The van der Waals surface area contributed by atoms with Gasteiger partial charge in [0.25, 0.3) is 5.56 Å². The summed E-state index contributed by atoms with van der Waals surface area (Å²) in [5, 5.41) is 0.728. The van der Waals surface area contributed by atoms with Crippen molar-refractivity contribution in [3.8, 4) is 11.1 Å². The number of hydrogen-bond acceptors (Lipinski definition) is 5. The molecule has 0 saturated carbocycles. The number of fused-ring (bicyclic) bond motifs is 2. The summed E-state index contributed by atoms with van der Waals surface area (Å²) in [6, 6.07) is 6.77. The number of aromatic nitrogens is 3. The number of ether oxygens (including phenoxy) is 1. The van der Waals surface area contributed by atoms with E-state index in [-0.39, 0.29) is 23.2 Å². The zero-order valence-corrected chi connectivity index (χ0v) is 14.1. The van der Waals surface area contributed by atoms with Crippen LogP contribution in [0.4, 0.5) is 0 Å². The van der Waals surface area contributed by atoms with E-state index in [9.17, 15) is 14.4 Å². The molecule has 1 aromatic carbocycles. The number of aryl methyl sites for hydroxylation is 1. The third-order valence-electron chi connectivity index (χ3n) is 4.34. The minimum absolute atomic E-state index is 0.00803. The Morgan fingerprint density at radius 3 is 2.40 bits per heavy atom. The minimum Gasteiger partial charge on any atom is -0.455 e. The van der Waals surface area contributed by atoms with Gasteiger partial charge in [0, 0.05) is 24.7 Å². The number of hydrogen-bond donors (Lipinski definition) is 0. The van der Waals surface area contributed by atoms with E-state index in [2.05, 4.69) is 4.98 Å². The van der Waals surface area contributed by atoms with Crippen molar-refractivity contribution in [3.63, 3.8) is 0 Å². The van der Waals surface area contributed by atoms with Gasteiger partial charge < -0.3 is 4.74 Å². The third kappa shape index (κ3) is 2.12. The van der Waals surface area contributed by atoms with Crippen LogP contribution in [0, 0.1) is 0 Å². The van der Waals surface area contributed by atoms with E-state index in [1.165, 1.54) is 18.7 Å². The molecule has 0 saturated heterocycles. The van der Waals surface area contributed by atoms with Gasteiger partial charge in [-0.15, -0.1) is 0 Å². The number of esters is 1. The molecule has 2 aromatic heterocycles. The molecule has 0 aliphatic carbocycles. The van der Waals surface area contributed by atoms with Crippen LogP contribution in [0.25, 0.3) is 22.2 Å². The Labute approximate surface area is 146 Å². The zero-order valence-electron chi connectivity index (χ0n) is 13.4. The highest BCUT2D eigenvalue weighted by Gasteiger charge is 2.31. The lowest BCUT2D eigenvalue weighted by atomic mass is 9.96. The molecule has 8 heteroatoms. The van der Waals surface area contributed by atoms with Crippen molar-refractivity contribution in [2.75, 3.05) is 0 Å². The van der Waals surface area contributed by atoms with Crippen molar-refractivity contribution in [2.45, 2.75) is 6.61 Å². The van der Waals surface area contributed by atoms with Gasteiger partial charge in [0.05, 0.1) is 16.6 Å². The van der Waals surface area contributed by atoms with E-state index in [0.717, 1.165) is 4.57 Å². The fourth-order valence-corrected chi connectivity index (χ4v) is 3.20. The maximum atomic E-state index is 12.8. The quantitative estimate of drug-likeness (QED) is 0.618. The number of pyridine rings is 1. The molecule has 0 radical (unpaired) electrons. The SMILES string of the molecule is Cn1c(=O)c2c(-c3ccc(Cl)cc3)c3c(nc2n(C)c1=O)COC3=O. The van der Waals surface area contributed by atoms with Crippen LogP contribution in [0.3, 0.4) is 0 Å². The predicted octanol–water partition coefficient (Wildman–Crippen LogP) is 1.62. The first-order valence-corrected chi connectivity index (χ1v) is 7.83. The lowest BCUT2D eigenvalue weighted by Crippen LogP contribution is -2.37. The molecule has 3 heterocycles. The van der Waals surface area contributed by atoms with Gasteiger partial charge in [0.1, 0.15) is 12.3 Å². The second-order valence-corrected chi connectivity index (χ2v) is 6.23. The standard InChI is InChI=1S/C17H12ClN3O4/c1-20-14-13(15(22)21(2)17(20)24)11(8-3-5-9(18)6-4-8)12-10(19-14)7-25-16(12)23/h3-6H,7H2,1-2H3. The lowest BCUT2D eigenvalue weighted by Gasteiger charge is -2.13. The molecule has 0 spiro atoms. The fraction of sp³-hybridized carbons (Fsp3) is 0.176. The summed E-state index contributed by atoms with van der Waals surface area (Å²) in [5.74, 6) is -0.537. The molecule has 1 aliphatic heterocycles. The van der Waals surface area contributed by atoms with E-state index < -0.39 is 17.2 Å². The smallest absolute Gasteiger partial charge is 0.341 e. The van der Waals surface area contributed by atoms with Crippen molar-refractivity contribution in [3.05, 3.63) is 61.4 Å². The van der Waals surface area contributed by atoms with Gasteiger partial charge in [0.2, 0.25) is 0 Å². The first-order valence-electron chi connectivity index (χ1n) is 7.46. The number of benzene rings is 1. The summed E-state index contributed by atoms with van der Waals surface area (Å²) in [4.78, 5) is 41.6. The van der Waals surface area contributed by atoms with Crippen LogP contribution in [0.5, 0.6) is 0 Å². The van der Waals surface area contributed by atoms with E-state index in [1.54, 1.807) is 24.3 Å². The fourth-order valence-electron chi connectivity index (χ4n) is 3.07. The largest absolute Gasteiger partial charge is 0.455 e. The Balaban J connectivity index is 2.28. The molecule has 0 bridgehead atoms. The van der Waals surface area contributed by atoms with Crippen LogP contribution in [0.1, 0.15) is 16.1 Å². The number of nitrogens with zero attached hydrogens (tertiary/aromatic N) is 3. The molecule has 1 aliphatic rings. The normalized spacial score (nSPS) is 13.2. The molecule has 0 N–H and O–H groups in total. The first kappa shape index (κ1) is 15.6. The highest BCUT2D eigenvalue weighted by atomic mass is 35.5. The topological polar surface area (TPSA) is 83.2 Å². The molecular formula is C17H12ClN3O4. The molecule has 3 aromatic rings. The number of cyclic esters (lactones) is 1. The maximum absolute atomic E-state index is 12.8. The van der Waals surface area contributed by atoms with Crippen LogP contribution in [0.2, 0.25) is 5.02 Å². The van der Waals surface area contributed by atoms with Gasteiger partial charge in [-0.25, -0.2) is 14.6 Å². The van der Waals surface area contributed by atoms with Crippen LogP contribution in [-0.4, -0.2) is 20.1 Å². The molecule has 7 nitrogen and oxygen atoms in total. The summed E-state index contributed by atoms with van der Waals surface area (Å²) in [5.41, 5.74) is 0.916. The predicted molar refractivity (Wildman–Crippen MR) is 91.8 cm³/mol. The third-order valence-corrected chi connectivity index (χ3v) is 4.59. The van der Waals surface area contributed by atoms with Gasteiger partial charge in [-0.1, -0.05) is 23.7 Å². The van der Waals surface area contributed by atoms with Gasteiger partial charge in [-0.05, 0) is 17.7 Å². The van der Waals surface area contributed by atoms with Gasteiger partial charge >= 0.3 is 11.7 Å². The number of carbonyl (C=O) groups excluding carboxylic acids is 1. The van der Waals surface area contributed by atoms with Crippen molar-refractivity contribution >= 4 is 28.6 Å². The minimum atomic E-state index is -0.537. The van der Waals surface area contributed by atoms with Crippen LogP contribution in [0.15, 0.2) is 33.9 Å². The highest BCUT2D eigenvalue weighted by Crippen LogP contribution is 2.35.